The summed E-state index contributed by atoms with van der Waals surface area (Å²) < 4.78 is 0. The van der Waals surface area contributed by atoms with E-state index in [1.165, 1.54) is 6.33 Å². The Bertz CT molecular complexity index is 245. The third-order valence-corrected chi connectivity index (χ3v) is 1.57. The molecular weight excluding hydrogens is 170 g/mol. The van der Waals surface area contributed by atoms with Crippen molar-refractivity contribution in [1.82, 2.24) is 25.8 Å². The van der Waals surface area contributed by atoms with Gasteiger partial charge in [-0.15, -0.1) is 0 Å². The van der Waals surface area contributed by atoms with Gasteiger partial charge in [-0.25, -0.2) is 9.78 Å². The first-order valence-corrected chi connectivity index (χ1v) is 4.12. The van der Waals surface area contributed by atoms with Crippen molar-refractivity contribution in [2.75, 3.05) is 13.6 Å². The topological polar surface area (TPSA) is 82.7 Å². The maximum absolute atomic E-state index is 10.7. The van der Waals surface area contributed by atoms with Gasteiger partial charge in [-0.2, -0.15) is 5.10 Å². The normalized spacial score (nSPS) is 9.62. The molecule has 0 unspecified atom stereocenters. The van der Waals surface area contributed by atoms with Crippen LogP contribution in [0, 0.1) is 0 Å². The number of aromatic amines is 1. The molecule has 2 amide bonds. The van der Waals surface area contributed by atoms with Gasteiger partial charge in [0.25, 0.3) is 0 Å². The zero-order valence-electron chi connectivity index (χ0n) is 7.50. The number of rotatable bonds is 4. The second-order valence-electron chi connectivity index (χ2n) is 2.54. The van der Waals surface area contributed by atoms with Gasteiger partial charge in [0.15, 0.2) is 0 Å². The molecule has 13 heavy (non-hydrogen) atoms. The van der Waals surface area contributed by atoms with Crippen molar-refractivity contribution >= 4 is 6.03 Å². The van der Waals surface area contributed by atoms with Crippen LogP contribution in [0.3, 0.4) is 0 Å². The average Bonchev–Trinajstić information content (AvgIpc) is 2.64. The Morgan fingerprint density at radius 1 is 1.69 bits per heavy atom. The highest BCUT2D eigenvalue weighted by Crippen LogP contribution is 1.90. The molecule has 72 valence electrons. The van der Waals surface area contributed by atoms with Gasteiger partial charge in [0.2, 0.25) is 0 Å². The fourth-order valence-electron chi connectivity index (χ4n) is 0.897. The van der Waals surface area contributed by atoms with E-state index in [1.54, 1.807) is 7.05 Å². The van der Waals surface area contributed by atoms with Crippen LogP contribution in [0.15, 0.2) is 6.33 Å². The number of amides is 2. The molecule has 1 heterocycles. The third-order valence-electron chi connectivity index (χ3n) is 1.57. The minimum absolute atomic E-state index is 0.155. The molecule has 6 heteroatoms. The highest BCUT2D eigenvalue weighted by molar-refractivity contribution is 5.73. The number of aromatic nitrogens is 3. The van der Waals surface area contributed by atoms with Crippen molar-refractivity contribution in [3.63, 3.8) is 0 Å². The summed E-state index contributed by atoms with van der Waals surface area (Å²) in [6.07, 6.45) is 3.12. The highest BCUT2D eigenvalue weighted by atomic mass is 16.2. The van der Waals surface area contributed by atoms with Gasteiger partial charge in [-0.3, -0.25) is 5.10 Å². The second kappa shape index (κ2) is 5.13. The van der Waals surface area contributed by atoms with Crippen LogP contribution < -0.4 is 10.6 Å². The minimum Gasteiger partial charge on any atom is -0.341 e. The number of nitrogens with zero attached hydrogens (tertiary/aromatic N) is 2. The molecule has 1 aromatic rings. The average molecular weight is 183 g/mol. The van der Waals surface area contributed by atoms with Crippen LogP contribution in [-0.4, -0.2) is 34.8 Å². The Labute approximate surface area is 76.1 Å². The standard InChI is InChI=1S/C7H13N5O/c1-8-7(13)9-4-2-3-6-10-5-11-12-6/h5H,2-4H2,1H3,(H2,8,9,13)(H,10,11,12). The molecule has 0 bridgehead atoms. The van der Waals surface area contributed by atoms with E-state index in [1.807, 2.05) is 0 Å². The number of H-pyrrole nitrogens is 1. The number of urea groups is 1. The molecule has 0 saturated carbocycles. The van der Waals surface area contributed by atoms with Crippen molar-refractivity contribution in [3.8, 4) is 0 Å². The van der Waals surface area contributed by atoms with Crippen LogP contribution in [0.5, 0.6) is 0 Å². The van der Waals surface area contributed by atoms with Gasteiger partial charge in [0, 0.05) is 20.0 Å². The predicted molar refractivity (Wildman–Crippen MR) is 47.2 cm³/mol. The molecule has 0 aliphatic carbocycles. The zero-order valence-corrected chi connectivity index (χ0v) is 7.50. The van der Waals surface area contributed by atoms with Crippen molar-refractivity contribution in [1.29, 1.82) is 0 Å². The first kappa shape index (κ1) is 9.50. The van der Waals surface area contributed by atoms with E-state index in [0.29, 0.717) is 6.54 Å². The summed E-state index contributed by atoms with van der Waals surface area (Å²) in [5.74, 6) is 0.846. The maximum atomic E-state index is 10.7. The SMILES string of the molecule is CNC(=O)NCCCc1ncn[nH]1. The van der Waals surface area contributed by atoms with Gasteiger partial charge in [-0.05, 0) is 6.42 Å². The monoisotopic (exact) mass is 183 g/mol. The Hall–Kier alpha value is -1.59. The fraction of sp³-hybridized carbons (Fsp3) is 0.571. The summed E-state index contributed by atoms with van der Waals surface area (Å²) in [5.41, 5.74) is 0. The van der Waals surface area contributed by atoms with Crippen LogP contribution in [0.25, 0.3) is 0 Å². The molecule has 0 radical (unpaired) electrons. The number of carbonyl (C=O) groups is 1. The molecular formula is C7H13N5O. The summed E-state index contributed by atoms with van der Waals surface area (Å²) in [4.78, 5) is 14.7. The predicted octanol–water partition coefficient (Wildman–Crippen LogP) is -0.334. The van der Waals surface area contributed by atoms with E-state index < -0.39 is 0 Å². The van der Waals surface area contributed by atoms with E-state index in [9.17, 15) is 4.79 Å². The largest absolute Gasteiger partial charge is 0.341 e. The molecule has 1 rings (SSSR count). The first-order valence-electron chi connectivity index (χ1n) is 4.12. The summed E-state index contributed by atoms with van der Waals surface area (Å²) >= 11 is 0. The quantitative estimate of drug-likeness (QED) is 0.559. The molecule has 3 N–H and O–H groups in total. The van der Waals surface area contributed by atoms with Gasteiger partial charge in [-0.1, -0.05) is 0 Å². The van der Waals surface area contributed by atoms with Crippen LogP contribution in [0.2, 0.25) is 0 Å². The highest BCUT2D eigenvalue weighted by Gasteiger charge is 1.97. The van der Waals surface area contributed by atoms with E-state index in [0.717, 1.165) is 18.7 Å². The number of hydrogen-bond acceptors (Lipinski definition) is 3. The maximum Gasteiger partial charge on any atom is 0.314 e. The van der Waals surface area contributed by atoms with E-state index >= 15 is 0 Å². The molecule has 0 aliphatic heterocycles. The smallest absolute Gasteiger partial charge is 0.314 e. The van der Waals surface area contributed by atoms with Crippen molar-refractivity contribution in [2.45, 2.75) is 12.8 Å². The summed E-state index contributed by atoms with van der Waals surface area (Å²) in [7, 11) is 1.59. The van der Waals surface area contributed by atoms with E-state index in [4.69, 9.17) is 0 Å². The molecule has 0 fully saturated rings. The number of aryl methyl sites for hydroxylation is 1. The number of nitrogens with one attached hydrogen (secondary N) is 3. The van der Waals surface area contributed by atoms with Gasteiger partial charge in [0.1, 0.15) is 12.2 Å². The van der Waals surface area contributed by atoms with Crippen LogP contribution in [0.4, 0.5) is 4.79 Å². The lowest BCUT2D eigenvalue weighted by molar-refractivity contribution is 0.243. The molecule has 0 aromatic carbocycles. The number of carbonyl (C=O) groups excluding carboxylic acids is 1. The number of hydrogen-bond donors (Lipinski definition) is 3. The summed E-state index contributed by atoms with van der Waals surface area (Å²) in [6.45, 7) is 0.639. The van der Waals surface area contributed by atoms with Gasteiger partial charge < -0.3 is 10.6 Å². The van der Waals surface area contributed by atoms with Crippen molar-refractivity contribution in [3.05, 3.63) is 12.2 Å². The zero-order chi connectivity index (χ0) is 9.52. The lowest BCUT2D eigenvalue weighted by Gasteiger charge is -2.01. The van der Waals surface area contributed by atoms with Crippen molar-refractivity contribution < 1.29 is 4.79 Å². The fourth-order valence-corrected chi connectivity index (χ4v) is 0.897. The minimum atomic E-state index is -0.155. The summed E-state index contributed by atoms with van der Waals surface area (Å²) in [5, 5.41) is 11.6. The molecule has 0 aliphatic rings. The Morgan fingerprint density at radius 2 is 2.54 bits per heavy atom. The first-order chi connectivity index (χ1) is 6.33. The van der Waals surface area contributed by atoms with Crippen LogP contribution in [-0.2, 0) is 6.42 Å². The Kier molecular flexibility index (Phi) is 3.74. The van der Waals surface area contributed by atoms with Gasteiger partial charge in [0.05, 0.1) is 0 Å². The molecule has 0 saturated heterocycles. The summed E-state index contributed by atoms with van der Waals surface area (Å²) in [6, 6.07) is -0.155. The van der Waals surface area contributed by atoms with E-state index in [-0.39, 0.29) is 6.03 Å². The van der Waals surface area contributed by atoms with Crippen molar-refractivity contribution in [2.24, 2.45) is 0 Å². The lowest BCUT2D eigenvalue weighted by Crippen LogP contribution is -2.33. The molecule has 0 atom stereocenters. The molecule has 1 aromatic heterocycles. The van der Waals surface area contributed by atoms with Crippen LogP contribution >= 0.6 is 0 Å². The lowest BCUT2D eigenvalue weighted by atomic mass is 10.3. The molecule has 0 spiro atoms. The Morgan fingerprint density at radius 3 is 3.15 bits per heavy atom. The Balaban J connectivity index is 2.05. The molecule has 6 nitrogen and oxygen atoms in total. The van der Waals surface area contributed by atoms with Gasteiger partial charge >= 0.3 is 6.03 Å². The second-order valence-corrected chi connectivity index (χ2v) is 2.54. The third kappa shape index (κ3) is 3.55. The van der Waals surface area contributed by atoms with E-state index in [2.05, 4.69) is 25.8 Å². The van der Waals surface area contributed by atoms with Crippen LogP contribution in [0.1, 0.15) is 12.2 Å².